The van der Waals surface area contributed by atoms with Gasteiger partial charge in [-0.05, 0) is 30.2 Å². The van der Waals surface area contributed by atoms with E-state index >= 15 is 0 Å². The van der Waals surface area contributed by atoms with Crippen LogP contribution in [0.15, 0.2) is 0 Å². The Balaban J connectivity index is 2.83. The number of rotatable bonds is 3. The maximum Gasteiger partial charge on any atom is 0.00410 e. The molecule has 78 valence electrons. The van der Waals surface area contributed by atoms with E-state index in [1.807, 2.05) is 0 Å². The molecule has 0 aliphatic carbocycles. The third-order valence-corrected chi connectivity index (χ3v) is 4.61. The maximum atomic E-state index is 2.60. The molecule has 1 saturated heterocycles. The molecular formula is C12H25N. The minimum absolute atomic E-state index is 0.539. The van der Waals surface area contributed by atoms with Crippen LogP contribution in [0.25, 0.3) is 0 Å². The van der Waals surface area contributed by atoms with Crippen molar-refractivity contribution in [2.75, 3.05) is 19.6 Å². The van der Waals surface area contributed by atoms with Gasteiger partial charge in [0.15, 0.2) is 0 Å². The van der Waals surface area contributed by atoms with Gasteiger partial charge in [-0.15, -0.1) is 0 Å². The van der Waals surface area contributed by atoms with Gasteiger partial charge in [0, 0.05) is 13.1 Å². The van der Waals surface area contributed by atoms with Gasteiger partial charge < -0.3 is 4.90 Å². The van der Waals surface area contributed by atoms with Crippen molar-refractivity contribution in [3.05, 3.63) is 0 Å². The van der Waals surface area contributed by atoms with Crippen molar-refractivity contribution < 1.29 is 0 Å². The van der Waals surface area contributed by atoms with Gasteiger partial charge in [-0.25, -0.2) is 0 Å². The van der Waals surface area contributed by atoms with Crippen molar-refractivity contribution in [3.63, 3.8) is 0 Å². The molecule has 2 atom stereocenters. The Labute approximate surface area is 83.5 Å². The zero-order chi connectivity index (χ0) is 10.1. The lowest BCUT2D eigenvalue weighted by atomic mass is 9.65. The lowest BCUT2D eigenvalue weighted by molar-refractivity contribution is 0.124. The first-order chi connectivity index (χ1) is 6.01. The van der Waals surface area contributed by atoms with E-state index in [0.717, 1.165) is 0 Å². The molecule has 0 aromatic heterocycles. The second kappa shape index (κ2) is 3.61. The summed E-state index contributed by atoms with van der Waals surface area (Å²) < 4.78 is 0. The van der Waals surface area contributed by atoms with E-state index < -0.39 is 0 Å². The predicted molar refractivity (Wildman–Crippen MR) is 58.9 cm³/mol. The first-order valence-corrected chi connectivity index (χ1v) is 5.73. The van der Waals surface area contributed by atoms with Crippen LogP contribution in [0.5, 0.6) is 0 Å². The van der Waals surface area contributed by atoms with E-state index in [9.17, 15) is 0 Å². The normalized spacial score (nSPS) is 41.3. The van der Waals surface area contributed by atoms with Gasteiger partial charge in [0.25, 0.3) is 0 Å². The first-order valence-electron chi connectivity index (χ1n) is 5.73. The zero-order valence-corrected chi connectivity index (χ0v) is 9.98. The summed E-state index contributed by atoms with van der Waals surface area (Å²) >= 11 is 0. The third kappa shape index (κ3) is 1.63. The minimum Gasteiger partial charge on any atom is -0.302 e. The lowest BCUT2D eigenvalue weighted by Crippen LogP contribution is -2.35. The van der Waals surface area contributed by atoms with Crippen LogP contribution in [0, 0.1) is 10.8 Å². The lowest BCUT2D eigenvalue weighted by Gasteiger charge is -2.38. The molecule has 0 spiro atoms. The van der Waals surface area contributed by atoms with Crippen molar-refractivity contribution in [3.8, 4) is 0 Å². The van der Waals surface area contributed by atoms with Crippen LogP contribution in [-0.2, 0) is 0 Å². The van der Waals surface area contributed by atoms with Crippen molar-refractivity contribution in [1.29, 1.82) is 0 Å². The SMILES string of the molecule is CCN1CC(C)(CC)C(C)(CC)C1. The summed E-state index contributed by atoms with van der Waals surface area (Å²) in [5.41, 5.74) is 1.08. The summed E-state index contributed by atoms with van der Waals surface area (Å²) in [6.45, 7) is 15.7. The van der Waals surface area contributed by atoms with Crippen LogP contribution in [0.2, 0.25) is 0 Å². The summed E-state index contributed by atoms with van der Waals surface area (Å²) in [6.07, 6.45) is 2.63. The van der Waals surface area contributed by atoms with E-state index in [2.05, 4.69) is 39.5 Å². The topological polar surface area (TPSA) is 3.24 Å². The Morgan fingerprint density at radius 2 is 1.31 bits per heavy atom. The second-order valence-corrected chi connectivity index (χ2v) is 5.13. The Bertz CT molecular complexity index is 160. The molecule has 0 amide bonds. The van der Waals surface area contributed by atoms with Crippen LogP contribution in [0.4, 0.5) is 0 Å². The van der Waals surface area contributed by atoms with Crippen LogP contribution in [-0.4, -0.2) is 24.5 Å². The van der Waals surface area contributed by atoms with Crippen molar-refractivity contribution in [2.45, 2.75) is 47.5 Å². The second-order valence-electron chi connectivity index (χ2n) is 5.13. The monoisotopic (exact) mass is 183 g/mol. The highest BCUT2D eigenvalue weighted by Gasteiger charge is 2.48. The van der Waals surface area contributed by atoms with Crippen LogP contribution >= 0.6 is 0 Å². The van der Waals surface area contributed by atoms with E-state index in [1.165, 1.54) is 32.5 Å². The highest BCUT2D eigenvalue weighted by Crippen LogP contribution is 2.50. The first kappa shape index (κ1) is 11.0. The summed E-state index contributed by atoms with van der Waals surface area (Å²) in [5.74, 6) is 0. The summed E-state index contributed by atoms with van der Waals surface area (Å²) in [4.78, 5) is 2.60. The molecule has 1 aliphatic rings. The number of nitrogens with zero attached hydrogens (tertiary/aromatic N) is 1. The smallest absolute Gasteiger partial charge is 0.00410 e. The Hall–Kier alpha value is -0.0400. The van der Waals surface area contributed by atoms with E-state index in [1.54, 1.807) is 0 Å². The molecule has 1 rings (SSSR count). The Morgan fingerprint density at radius 1 is 0.923 bits per heavy atom. The predicted octanol–water partition coefficient (Wildman–Crippen LogP) is 3.15. The van der Waals surface area contributed by atoms with E-state index in [0.29, 0.717) is 10.8 Å². The molecule has 2 unspecified atom stereocenters. The fourth-order valence-corrected chi connectivity index (χ4v) is 2.73. The molecule has 0 bridgehead atoms. The van der Waals surface area contributed by atoms with Crippen LogP contribution in [0.1, 0.15) is 47.5 Å². The van der Waals surface area contributed by atoms with Crippen molar-refractivity contribution in [1.82, 2.24) is 4.90 Å². The maximum absolute atomic E-state index is 2.60. The largest absolute Gasteiger partial charge is 0.302 e. The molecule has 1 heterocycles. The summed E-state index contributed by atoms with van der Waals surface area (Å²) in [5, 5.41) is 0. The van der Waals surface area contributed by atoms with Gasteiger partial charge in [0.2, 0.25) is 0 Å². The van der Waals surface area contributed by atoms with Gasteiger partial charge in [0.1, 0.15) is 0 Å². The van der Waals surface area contributed by atoms with Crippen molar-refractivity contribution >= 4 is 0 Å². The number of likely N-dealkylation sites (tertiary alicyclic amines) is 1. The summed E-state index contributed by atoms with van der Waals surface area (Å²) in [7, 11) is 0. The Morgan fingerprint density at radius 3 is 1.54 bits per heavy atom. The fraction of sp³-hybridized carbons (Fsp3) is 1.00. The third-order valence-electron chi connectivity index (χ3n) is 4.61. The van der Waals surface area contributed by atoms with Gasteiger partial charge in [-0.3, -0.25) is 0 Å². The standard InChI is InChI=1S/C12H25N/c1-6-11(4)9-13(8-3)10-12(11,5)7-2/h6-10H2,1-5H3. The highest BCUT2D eigenvalue weighted by atomic mass is 15.2. The van der Waals surface area contributed by atoms with Crippen LogP contribution in [0.3, 0.4) is 0 Å². The van der Waals surface area contributed by atoms with Gasteiger partial charge in [0.05, 0.1) is 0 Å². The summed E-state index contributed by atoms with van der Waals surface area (Å²) in [6, 6.07) is 0. The molecule has 0 aromatic rings. The molecule has 1 nitrogen and oxygen atoms in total. The average molecular weight is 183 g/mol. The number of hydrogen-bond donors (Lipinski definition) is 0. The van der Waals surface area contributed by atoms with Gasteiger partial charge in [-0.1, -0.05) is 34.6 Å². The molecule has 0 saturated carbocycles. The Kier molecular flexibility index (Phi) is 3.06. The fourth-order valence-electron chi connectivity index (χ4n) is 2.73. The molecule has 0 aromatic carbocycles. The number of hydrogen-bond acceptors (Lipinski definition) is 1. The molecule has 1 aliphatic heterocycles. The average Bonchev–Trinajstić information content (AvgIpc) is 2.41. The van der Waals surface area contributed by atoms with Crippen molar-refractivity contribution in [2.24, 2.45) is 10.8 Å². The van der Waals surface area contributed by atoms with E-state index in [-0.39, 0.29) is 0 Å². The molecule has 0 radical (unpaired) electrons. The van der Waals surface area contributed by atoms with Crippen LogP contribution < -0.4 is 0 Å². The molecular weight excluding hydrogens is 158 g/mol. The molecule has 1 heteroatoms. The minimum atomic E-state index is 0.539. The van der Waals surface area contributed by atoms with Gasteiger partial charge >= 0.3 is 0 Å². The highest BCUT2D eigenvalue weighted by molar-refractivity contribution is 5.00. The van der Waals surface area contributed by atoms with Gasteiger partial charge in [-0.2, -0.15) is 0 Å². The van der Waals surface area contributed by atoms with E-state index in [4.69, 9.17) is 0 Å². The molecule has 13 heavy (non-hydrogen) atoms. The quantitative estimate of drug-likeness (QED) is 0.649. The molecule has 1 fully saturated rings. The molecule has 0 N–H and O–H groups in total. The zero-order valence-electron chi connectivity index (χ0n) is 9.98.